The molecule has 45 heavy (non-hydrogen) atoms. The summed E-state index contributed by atoms with van der Waals surface area (Å²) in [6.45, 7) is 8.51. The third-order valence-corrected chi connectivity index (χ3v) is 7.42. The van der Waals surface area contributed by atoms with E-state index in [2.05, 4.69) is 10.6 Å². The maximum absolute atomic E-state index is 13.0. The predicted molar refractivity (Wildman–Crippen MR) is 168 cm³/mol. The highest BCUT2D eigenvalue weighted by atomic mass is 16.8. The minimum atomic E-state index is -1.17. The lowest BCUT2D eigenvalue weighted by Gasteiger charge is -2.17. The number of fused-ring (bicyclic) bond motifs is 3. The molecule has 2 aromatic rings. The summed E-state index contributed by atoms with van der Waals surface area (Å²) in [5.74, 6) is -1.56. The van der Waals surface area contributed by atoms with E-state index in [1.165, 1.54) is 0 Å². The third-order valence-electron chi connectivity index (χ3n) is 7.42. The smallest absolute Gasteiger partial charge is 0.432 e. The molecule has 4 amide bonds. The average Bonchev–Trinajstić information content (AvgIpc) is 3.52. The summed E-state index contributed by atoms with van der Waals surface area (Å²) in [7, 11) is 0. The van der Waals surface area contributed by atoms with Crippen LogP contribution in [0.25, 0.3) is 11.1 Å². The molecule has 1 saturated heterocycles. The van der Waals surface area contributed by atoms with Crippen molar-refractivity contribution in [2.45, 2.75) is 91.4 Å². The minimum absolute atomic E-state index is 0.0173. The number of nitrogens with zero attached hydrogens (tertiary/aromatic N) is 1. The molecule has 11 nitrogen and oxygen atoms in total. The number of ketones is 1. The van der Waals surface area contributed by atoms with E-state index in [9.17, 15) is 28.8 Å². The Labute approximate surface area is 264 Å². The first-order chi connectivity index (χ1) is 21.6. The van der Waals surface area contributed by atoms with Crippen molar-refractivity contribution in [2.24, 2.45) is 0 Å². The SMILES string of the molecule is CCCCC(=O)c1cccc2c1-c1ccc(NC(=O)CC)cc1C2COC(=O)ON1C(=O)CCC1=O.CCCNC(=O)CCC. The molecule has 0 spiro atoms. The Morgan fingerprint density at radius 3 is 2.24 bits per heavy atom. The zero-order valence-corrected chi connectivity index (χ0v) is 26.5. The molecule has 0 radical (unpaired) electrons. The molecule has 242 valence electrons. The lowest BCUT2D eigenvalue weighted by molar-refractivity contribution is -0.177. The Bertz CT molecular complexity index is 1400. The summed E-state index contributed by atoms with van der Waals surface area (Å²) in [4.78, 5) is 76.3. The molecule has 0 aromatic heterocycles. The number of unbranched alkanes of at least 4 members (excludes halogenated alkanes) is 1. The van der Waals surface area contributed by atoms with Gasteiger partial charge in [0.25, 0.3) is 11.8 Å². The topological polar surface area (TPSA) is 148 Å². The molecule has 11 heteroatoms. The molecular formula is C34H43N3O8. The quantitative estimate of drug-likeness (QED) is 0.156. The highest BCUT2D eigenvalue weighted by Gasteiger charge is 2.36. The number of benzene rings is 2. The van der Waals surface area contributed by atoms with E-state index in [0.717, 1.165) is 54.5 Å². The maximum Gasteiger partial charge on any atom is 0.533 e. The van der Waals surface area contributed by atoms with Gasteiger partial charge in [0.2, 0.25) is 11.8 Å². The van der Waals surface area contributed by atoms with Crippen LogP contribution in [0, 0.1) is 0 Å². The van der Waals surface area contributed by atoms with E-state index >= 15 is 0 Å². The Balaban J connectivity index is 0.000000535. The van der Waals surface area contributed by atoms with Gasteiger partial charge in [-0.2, -0.15) is 0 Å². The van der Waals surface area contributed by atoms with E-state index in [0.29, 0.717) is 35.6 Å². The molecule has 4 rings (SSSR count). The van der Waals surface area contributed by atoms with Crippen LogP contribution in [0.3, 0.4) is 0 Å². The van der Waals surface area contributed by atoms with Gasteiger partial charge in [-0.3, -0.25) is 28.8 Å². The van der Waals surface area contributed by atoms with Crippen LogP contribution in [-0.2, 0) is 28.8 Å². The molecule has 2 aliphatic rings. The second kappa shape index (κ2) is 17.1. The van der Waals surface area contributed by atoms with Crippen LogP contribution < -0.4 is 10.6 Å². The van der Waals surface area contributed by atoms with Gasteiger partial charge >= 0.3 is 6.16 Å². The molecule has 0 bridgehead atoms. The number of Topliss-reactive ketones (excluding diaryl/α,β-unsaturated/α-hetero) is 1. The van der Waals surface area contributed by atoms with E-state index in [1.807, 2.05) is 39.0 Å². The van der Waals surface area contributed by atoms with Gasteiger partial charge in [0.15, 0.2) is 5.78 Å². The fraction of sp³-hybridized carbons (Fsp3) is 0.471. The predicted octanol–water partition coefficient (Wildman–Crippen LogP) is 6.05. The summed E-state index contributed by atoms with van der Waals surface area (Å²) in [6.07, 6.45) is 3.86. The fourth-order valence-corrected chi connectivity index (χ4v) is 5.11. The van der Waals surface area contributed by atoms with Crippen molar-refractivity contribution in [3.8, 4) is 11.1 Å². The van der Waals surface area contributed by atoms with Crippen LogP contribution in [0.4, 0.5) is 10.5 Å². The first kappa shape index (κ1) is 34.9. The Morgan fingerprint density at radius 2 is 1.60 bits per heavy atom. The number of hydroxylamine groups is 2. The van der Waals surface area contributed by atoms with Crippen molar-refractivity contribution in [2.75, 3.05) is 18.5 Å². The standard InChI is InChI=1S/C27H28N2O7.C7H15NO/c1-3-5-9-22(30)19-8-6-7-17-21(15-35-27(34)36-29-24(32)12-13-25(29)33)20-14-16(28-23(31)4-2)10-11-18(20)26(17)19;1-3-5-7(9)8-6-4-2/h6-8,10-11,14,21H,3-5,9,12-13,15H2,1-2H3,(H,28,31);3-6H2,1-2H3,(H,8,9). The molecule has 1 atom stereocenters. The number of anilines is 1. The lowest BCUT2D eigenvalue weighted by atomic mass is 9.93. The number of nitrogens with one attached hydrogen (secondary N) is 2. The normalized spacial score (nSPS) is 14.6. The number of carbonyl (C=O) groups excluding carboxylic acids is 6. The van der Waals surface area contributed by atoms with Gasteiger partial charge in [-0.05, 0) is 53.6 Å². The Hall–Kier alpha value is -4.54. The second-order valence-corrected chi connectivity index (χ2v) is 10.9. The molecular weight excluding hydrogens is 578 g/mol. The number of amides is 4. The van der Waals surface area contributed by atoms with E-state index in [4.69, 9.17) is 9.57 Å². The highest BCUT2D eigenvalue weighted by molar-refractivity contribution is 6.05. The van der Waals surface area contributed by atoms with Gasteiger partial charge in [0.05, 0.1) is 0 Å². The van der Waals surface area contributed by atoms with Crippen LogP contribution >= 0.6 is 0 Å². The van der Waals surface area contributed by atoms with E-state index in [-0.39, 0.29) is 37.0 Å². The lowest BCUT2D eigenvalue weighted by Crippen LogP contribution is -2.32. The molecule has 1 unspecified atom stereocenters. The fourth-order valence-electron chi connectivity index (χ4n) is 5.11. The van der Waals surface area contributed by atoms with Crippen molar-refractivity contribution in [3.05, 3.63) is 53.1 Å². The van der Waals surface area contributed by atoms with Gasteiger partial charge in [0, 0.05) is 55.8 Å². The van der Waals surface area contributed by atoms with Crippen molar-refractivity contribution < 1.29 is 38.3 Å². The van der Waals surface area contributed by atoms with Gasteiger partial charge in [-0.1, -0.05) is 63.4 Å². The maximum atomic E-state index is 13.0. The van der Waals surface area contributed by atoms with Crippen molar-refractivity contribution in [1.29, 1.82) is 0 Å². The number of hydrogen-bond donors (Lipinski definition) is 2. The van der Waals surface area contributed by atoms with Crippen LogP contribution in [0.2, 0.25) is 0 Å². The summed E-state index contributed by atoms with van der Waals surface area (Å²) in [5, 5.41) is 6.06. The molecule has 1 aliphatic carbocycles. The number of ether oxygens (including phenoxy) is 1. The number of imide groups is 1. The molecule has 2 aromatic carbocycles. The second-order valence-electron chi connectivity index (χ2n) is 10.9. The summed E-state index contributed by atoms with van der Waals surface area (Å²) >= 11 is 0. The number of rotatable bonds is 13. The molecule has 0 saturated carbocycles. The van der Waals surface area contributed by atoms with Gasteiger partial charge in [-0.25, -0.2) is 4.79 Å². The van der Waals surface area contributed by atoms with Crippen LogP contribution in [0.15, 0.2) is 36.4 Å². The highest BCUT2D eigenvalue weighted by Crippen LogP contribution is 2.48. The summed E-state index contributed by atoms with van der Waals surface area (Å²) in [5.41, 5.74) is 4.41. The molecule has 1 fully saturated rings. The first-order valence-corrected chi connectivity index (χ1v) is 15.7. The largest absolute Gasteiger partial charge is 0.533 e. The first-order valence-electron chi connectivity index (χ1n) is 15.7. The summed E-state index contributed by atoms with van der Waals surface area (Å²) in [6, 6.07) is 10.9. The Morgan fingerprint density at radius 1 is 0.867 bits per heavy atom. The zero-order chi connectivity index (χ0) is 32.9. The minimum Gasteiger partial charge on any atom is -0.432 e. The molecule has 1 aliphatic heterocycles. The van der Waals surface area contributed by atoms with E-state index in [1.54, 1.807) is 25.1 Å². The van der Waals surface area contributed by atoms with Crippen LogP contribution in [0.5, 0.6) is 0 Å². The van der Waals surface area contributed by atoms with Gasteiger partial charge < -0.3 is 15.4 Å². The molecule has 1 heterocycles. The zero-order valence-electron chi connectivity index (χ0n) is 26.5. The Kier molecular flexibility index (Phi) is 13.3. The third kappa shape index (κ3) is 9.23. The number of hydrogen-bond acceptors (Lipinski definition) is 8. The number of carbonyl (C=O) groups is 6. The average molecular weight is 622 g/mol. The van der Waals surface area contributed by atoms with Gasteiger partial charge in [0.1, 0.15) is 6.61 Å². The van der Waals surface area contributed by atoms with Crippen LogP contribution in [0.1, 0.15) is 113 Å². The summed E-state index contributed by atoms with van der Waals surface area (Å²) < 4.78 is 5.33. The van der Waals surface area contributed by atoms with Crippen molar-refractivity contribution in [1.82, 2.24) is 10.4 Å². The van der Waals surface area contributed by atoms with Crippen molar-refractivity contribution in [3.63, 3.8) is 0 Å². The van der Waals surface area contributed by atoms with Gasteiger partial charge in [-0.15, -0.1) is 0 Å². The van der Waals surface area contributed by atoms with E-state index < -0.39 is 23.9 Å². The molecule has 2 N–H and O–H groups in total. The van der Waals surface area contributed by atoms with Crippen molar-refractivity contribution >= 4 is 41.3 Å². The monoisotopic (exact) mass is 621 g/mol. The van der Waals surface area contributed by atoms with Crippen LogP contribution in [-0.4, -0.2) is 53.8 Å².